The molecule has 2 aromatic carbocycles. The molecule has 1 N–H and O–H groups in total. The van der Waals surface area contributed by atoms with E-state index in [9.17, 15) is 27.2 Å². The van der Waals surface area contributed by atoms with Gasteiger partial charge in [0, 0.05) is 17.3 Å². The molecule has 0 radical (unpaired) electrons. The second kappa shape index (κ2) is 7.86. The van der Waals surface area contributed by atoms with E-state index in [0.29, 0.717) is 17.8 Å². The maximum Gasteiger partial charge on any atom is 0.419 e. The maximum absolute atomic E-state index is 13.3. The van der Waals surface area contributed by atoms with Crippen LogP contribution in [0.1, 0.15) is 11.1 Å². The number of carbonyl (C=O) groups is 1. The second-order valence-electron chi connectivity index (χ2n) is 6.35. The van der Waals surface area contributed by atoms with E-state index in [-0.39, 0.29) is 5.69 Å². The first-order valence-corrected chi connectivity index (χ1v) is 8.43. The number of amides is 1. The zero-order chi connectivity index (χ0) is 21.2. The Bertz CT molecular complexity index is 1110. The van der Waals surface area contributed by atoms with Gasteiger partial charge in [-0.1, -0.05) is 29.8 Å². The van der Waals surface area contributed by atoms with Crippen molar-refractivity contribution in [2.75, 3.05) is 5.32 Å². The topological polar surface area (TPSA) is 64.0 Å². The van der Waals surface area contributed by atoms with Crippen LogP contribution in [-0.2, 0) is 17.5 Å². The molecule has 3 aromatic rings. The van der Waals surface area contributed by atoms with Crippen molar-refractivity contribution in [2.24, 2.45) is 0 Å². The van der Waals surface area contributed by atoms with Crippen LogP contribution in [0.4, 0.5) is 23.2 Å². The van der Waals surface area contributed by atoms with Crippen LogP contribution in [0.3, 0.4) is 0 Å². The number of aromatic nitrogens is 2. The minimum atomic E-state index is -4.89. The Kier molecular flexibility index (Phi) is 5.49. The van der Waals surface area contributed by atoms with Crippen molar-refractivity contribution < 1.29 is 22.4 Å². The lowest BCUT2D eigenvalue weighted by atomic mass is 10.1. The van der Waals surface area contributed by atoms with Gasteiger partial charge >= 0.3 is 6.18 Å². The first-order valence-electron chi connectivity index (χ1n) is 8.43. The van der Waals surface area contributed by atoms with Crippen LogP contribution in [0.5, 0.6) is 0 Å². The van der Waals surface area contributed by atoms with Crippen LogP contribution in [0.2, 0.25) is 0 Å². The predicted octanol–water partition coefficient (Wildman–Crippen LogP) is 4.02. The minimum Gasteiger partial charge on any atom is -0.325 e. The molecular formula is C20H15F4N3O2. The summed E-state index contributed by atoms with van der Waals surface area (Å²) in [6.45, 7) is 1.46. The fourth-order valence-corrected chi connectivity index (χ4v) is 2.60. The summed E-state index contributed by atoms with van der Waals surface area (Å²) >= 11 is 0. The Morgan fingerprint density at radius 2 is 1.79 bits per heavy atom. The molecule has 0 fully saturated rings. The highest BCUT2D eigenvalue weighted by Gasteiger charge is 2.34. The van der Waals surface area contributed by atoms with E-state index in [1.165, 1.54) is 12.4 Å². The molecule has 29 heavy (non-hydrogen) atoms. The number of hydrogen-bond acceptors (Lipinski definition) is 3. The Balaban J connectivity index is 1.74. The molecule has 1 amide bonds. The normalized spacial score (nSPS) is 11.3. The third kappa shape index (κ3) is 4.87. The highest BCUT2D eigenvalue weighted by molar-refractivity contribution is 5.90. The largest absolute Gasteiger partial charge is 0.419 e. The Labute approximate surface area is 162 Å². The van der Waals surface area contributed by atoms with E-state index >= 15 is 0 Å². The van der Waals surface area contributed by atoms with Crippen molar-refractivity contribution in [1.29, 1.82) is 0 Å². The average Bonchev–Trinajstić information content (AvgIpc) is 2.65. The standard InChI is InChI=1S/C20H15F4N3O2/c1-12-2-4-13(5-3-12)17-9-19(29)27(11-25-17)10-18(28)26-14-6-7-16(21)15(8-14)20(22,23)24/h2-9,11H,10H2,1H3,(H,26,28). The number of benzene rings is 2. The van der Waals surface area contributed by atoms with Crippen LogP contribution >= 0.6 is 0 Å². The Hall–Kier alpha value is -3.49. The molecule has 0 saturated heterocycles. The molecule has 0 unspecified atom stereocenters. The van der Waals surface area contributed by atoms with Crippen LogP contribution < -0.4 is 10.9 Å². The molecule has 0 atom stereocenters. The van der Waals surface area contributed by atoms with Crippen LogP contribution in [0, 0.1) is 12.7 Å². The molecule has 0 aliphatic carbocycles. The van der Waals surface area contributed by atoms with E-state index in [4.69, 9.17) is 0 Å². The third-order valence-electron chi connectivity index (χ3n) is 4.10. The number of anilines is 1. The van der Waals surface area contributed by atoms with Gasteiger partial charge in [-0.2, -0.15) is 13.2 Å². The molecule has 0 saturated carbocycles. The molecule has 1 heterocycles. The monoisotopic (exact) mass is 405 g/mol. The lowest BCUT2D eigenvalue weighted by Crippen LogP contribution is -2.27. The van der Waals surface area contributed by atoms with Gasteiger partial charge in [0.2, 0.25) is 5.91 Å². The SMILES string of the molecule is Cc1ccc(-c2cc(=O)n(CC(=O)Nc3ccc(F)c(C(F)(F)F)c3)cn2)cc1. The number of rotatable bonds is 4. The van der Waals surface area contributed by atoms with Gasteiger partial charge in [-0.05, 0) is 25.1 Å². The quantitative estimate of drug-likeness (QED) is 0.667. The molecular weight excluding hydrogens is 390 g/mol. The second-order valence-corrected chi connectivity index (χ2v) is 6.35. The Morgan fingerprint density at radius 3 is 2.41 bits per heavy atom. The molecule has 3 rings (SSSR count). The molecule has 0 aliphatic heterocycles. The van der Waals surface area contributed by atoms with E-state index < -0.39 is 35.6 Å². The van der Waals surface area contributed by atoms with Gasteiger partial charge < -0.3 is 5.32 Å². The first kappa shape index (κ1) is 20.2. The van der Waals surface area contributed by atoms with Crippen molar-refractivity contribution in [3.05, 3.63) is 82.2 Å². The molecule has 150 valence electrons. The average molecular weight is 405 g/mol. The van der Waals surface area contributed by atoms with Gasteiger partial charge in [0.1, 0.15) is 12.4 Å². The number of nitrogens with one attached hydrogen (secondary N) is 1. The fraction of sp³-hybridized carbons (Fsp3) is 0.150. The van der Waals surface area contributed by atoms with Gasteiger partial charge in [-0.3, -0.25) is 14.2 Å². The van der Waals surface area contributed by atoms with Crippen molar-refractivity contribution in [1.82, 2.24) is 9.55 Å². The molecule has 9 heteroatoms. The summed E-state index contributed by atoms with van der Waals surface area (Å²) in [7, 11) is 0. The summed E-state index contributed by atoms with van der Waals surface area (Å²) in [4.78, 5) is 28.5. The molecule has 0 aliphatic rings. The van der Waals surface area contributed by atoms with E-state index in [2.05, 4.69) is 10.3 Å². The highest BCUT2D eigenvalue weighted by atomic mass is 19.4. The zero-order valence-corrected chi connectivity index (χ0v) is 15.1. The maximum atomic E-state index is 13.3. The number of alkyl halides is 3. The fourth-order valence-electron chi connectivity index (χ4n) is 2.60. The van der Waals surface area contributed by atoms with E-state index in [1.54, 1.807) is 12.1 Å². The van der Waals surface area contributed by atoms with Crippen LogP contribution in [0.15, 0.2) is 59.7 Å². The van der Waals surface area contributed by atoms with Crippen molar-refractivity contribution >= 4 is 11.6 Å². The van der Waals surface area contributed by atoms with Crippen molar-refractivity contribution in [2.45, 2.75) is 19.6 Å². The van der Waals surface area contributed by atoms with Gasteiger partial charge in [0.15, 0.2) is 0 Å². The molecule has 1 aromatic heterocycles. The molecule has 0 bridgehead atoms. The van der Waals surface area contributed by atoms with E-state index in [0.717, 1.165) is 21.8 Å². The van der Waals surface area contributed by atoms with Gasteiger partial charge in [0.25, 0.3) is 5.56 Å². The molecule has 5 nitrogen and oxygen atoms in total. The van der Waals surface area contributed by atoms with Crippen LogP contribution in [0.25, 0.3) is 11.3 Å². The Morgan fingerprint density at radius 1 is 1.10 bits per heavy atom. The minimum absolute atomic E-state index is 0.235. The summed E-state index contributed by atoms with van der Waals surface area (Å²) in [5, 5.41) is 2.22. The molecule has 0 spiro atoms. The number of aryl methyl sites for hydroxylation is 1. The summed E-state index contributed by atoms with van der Waals surface area (Å²) in [6, 6.07) is 10.7. The first-order chi connectivity index (χ1) is 13.6. The van der Waals surface area contributed by atoms with Gasteiger partial charge in [0.05, 0.1) is 17.6 Å². The van der Waals surface area contributed by atoms with Gasteiger partial charge in [-0.15, -0.1) is 0 Å². The smallest absolute Gasteiger partial charge is 0.325 e. The zero-order valence-electron chi connectivity index (χ0n) is 15.1. The highest BCUT2D eigenvalue weighted by Crippen LogP contribution is 2.33. The number of carbonyl (C=O) groups excluding carboxylic acids is 1. The number of hydrogen-bond donors (Lipinski definition) is 1. The van der Waals surface area contributed by atoms with Gasteiger partial charge in [-0.25, -0.2) is 9.37 Å². The lowest BCUT2D eigenvalue weighted by molar-refractivity contribution is -0.140. The van der Waals surface area contributed by atoms with Crippen LogP contribution in [-0.4, -0.2) is 15.5 Å². The number of halogens is 4. The summed E-state index contributed by atoms with van der Waals surface area (Å²) in [6.07, 6.45) is -3.71. The van der Waals surface area contributed by atoms with E-state index in [1.807, 2.05) is 19.1 Å². The summed E-state index contributed by atoms with van der Waals surface area (Å²) in [5.41, 5.74) is -0.0121. The lowest BCUT2D eigenvalue weighted by Gasteiger charge is -2.11. The van der Waals surface area contributed by atoms with Crippen molar-refractivity contribution in [3.63, 3.8) is 0 Å². The third-order valence-corrected chi connectivity index (χ3v) is 4.10. The summed E-state index contributed by atoms with van der Waals surface area (Å²) in [5.74, 6) is -2.20. The summed E-state index contributed by atoms with van der Waals surface area (Å²) < 4.78 is 52.6. The predicted molar refractivity (Wildman–Crippen MR) is 98.7 cm³/mol. The van der Waals surface area contributed by atoms with Crippen molar-refractivity contribution in [3.8, 4) is 11.3 Å². The number of nitrogens with zero attached hydrogens (tertiary/aromatic N) is 2.